The van der Waals surface area contributed by atoms with Crippen molar-refractivity contribution in [2.24, 2.45) is 10.8 Å². The van der Waals surface area contributed by atoms with Gasteiger partial charge in [-0.05, 0) is 0 Å². The van der Waals surface area contributed by atoms with Gasteiger partial charge in [-0.15, -0.1) is 11.3 Å². The third-order valence-electron chi connectivity index (χ3n) is 2.83. The fraction of sp³-hybridized carbons (Fsp3) is 0.533. The highest BCUT2D eigenvalue weighted by Crippen LogP contribution is 2.35. The van der Waals surface area contributed by atoms with Crippen LogP contribution in [0.4, 0.5) is 11.4 Å². The van der Waals surface area contributed by atoms with Crippen LogP contribution in [0, 0.1) is 10.8 Å². The molecule has 1 aromatic heterocycles. The predicted octanol–water partition coefficient (Wildman–Crippen LogP) is 3.42. The molecule has 0 aliphatic carbocycles. The number of carbonyl (C=O) groups excluding carboxylic acids is 2. The first-order valence-electron chi connectivity index (χ1n) is 6.81. The maximum Gasteiger partial charge on any atom is 0.348 e. The van der Waals surface area contributed by atoms with E-state index in [9.17, 15) is 19.5 Å². The summed E-state index contributed by atoms with van der Waals surface area (Å²) in [7, 11) is 0. The number of carboxylic acids is 1. The van der Waals surface area contributed by atoms with E-state index in [0.717, 1.165) is 11.3 Å². The molecule has 0 bridgehead atoms. The lowest BCUT2D eigenvalue weighted by Gasteiger charge is -2.20. The van der Waals surface area contributed by atoms with Crippen molar-refractivity contribution in [3.63, 3.8) is 0 Å². The number of nitrogens with one attached hydrogen (secondary N) is 2. The molecule has 122 valence electrons. The first-order chi connectivity index (χ1) is 9.84. The average molecular weight is 326 g/mol. The van der Waals surface area contributed by atoms with Gasteiger partial charge >= 0.3 is 5.97 Å². The summed E-state index contributed by atoms with van der Waals surface area (Å²) in [4.78, 5) is 35.5. The fourth-order valence-electron chi connectivity index (χ4n) is 1.34. The van der Waals surface area contributed by atoms with E-state index < -0.39 is 16.8 Å². The van der Waals surface area contributed by atoms with Gasteiger partial charge in [-0.3, -0.25) is 9.59 Å². The van der Waals surface area contributed by atoms with Crippen molar-refractivity contribution < 1.29 is 19.5 Å². The number of thiophene rings is 1. The maximum absolute atomic E-state index is 12.1. The molecule has 3 N–H and O–H groups in total. The Bertz CT molecular complexity index is 606. The van der Waals surface area contributed by atoms with E-state index in [-0.39, 0.29) is 22.4 Å². The van der Waals surface area contributed by atoms with Crippen molar-refractivity contribution in [2.45, 2.75) is 41.5 Å². The summed E-state index contributed by atoms with van der Waals surface area (Å²) < 4.78 is 0. The van der Waals surface area contributed by atoms with E-state index >= 15 is 0 Å². The van der Waals surface area contributed by atoms with Crippen LogP contribution in [-0.4, -0.2) is 22.9 Å². The monoisotopic (exact) mass is 326 g/mol. The van der Waals surface area contributed by atoms with E-state index in [1.165, 1.54) is 5.38 Å². The summed E-state index contributed by atoms with van der Waals surface area (Å²) in [5.41, 5.74) is -0.866. The average Bonchev–Trinajstić information content (AvgIpc) is 2.70. The van der Waals surface area contributed by atoms with Crippen LogP contribution in [0.15, 0.2) is 5.38 Å². The Kier molecular flexibility index (Phi) is 5.02. The molecule has 0 aliphatic rings. The number of carbonyl (C=O) groups is 3. The maximum atomic E-state index is 12.1. The molecule has 0 fully saturated rings. The van der Waals surface area contributed by atoms with E-state index in [0.29, 0.717) is 5.69 Å². The summed E-state index contributed by atoms with van der Waals surface area (Å²) in [5, 5.41) is 16.0. The predicted molar refractivity (Wildman–Crippen MR) is 87.4 cm³/mol. The molecular formula is C15H22N2O4S. The van der Waals surface area contributed by atoms with Crippen LogP contribution >= 0.6 is 11.3 Å². The van der Waals surface area contributed by atoms with Crippen molar-refractivity contribution in [2.75, 3.05) is 10.6 Å². The molecule has 0 aliphatic heterocycles. The molecular weight excluding hydrogens is 304 g/mol. The minimum Gasteiger partial charge on any atom is -0.477 e. The standard InChI is InChI=1S/C15H22N2O4S/c1-14(2,3)12(20)16-8-7-22-10(11(18)19)9(8)17-13(21)15(4,5)6/h7H,1-6H3,(H,16,20)(H,17,21)(H,18,19). The smallest absolute Gasteiger partial charge is 0.348 e. The zero-order chi connectivity index (χ0) is 17.3. The Labute approximate surface area is 133 Å². The lowest BCUT2D eigenvalue weighted by Crippen LogP contribution is -2.30. The molecule has 0 radical (unpaired) electrons. The van der Waals surface area contributed by atoms with Gasteiger partial charge in [0.05, 0.1) is 11.4 Å². The van der Waals surface area contributed by atoms with Crippen LogP contribution in [-0.2, 0) is 9.59 Å². The van der Waals surface area contributed by atoms with E-state index in [2.05, 4.69) is 10.6 Å². The molecule has 1 aromatic rings. The Hall–Kier alpha value is -1.89. The fourth-order valence-corrected chi connectivity index (χ4v) is 2.13. The van der Waals surface area contributed by atoms with Gasteiger partial charge in [0.1, 0.15) is 4.88 Å². The number of amides is 2. The van der Waals surface area contributed by atoms with Gasteiger partial charge in [-0.2, -0.15) is 0 Å². The highest BCUT2D eigenvalue weighted by molar-refractivity contribution is 7.13. The molecule has 0 saturated carbocycles. The van der Waals surface area contributed by atoms with Crippen LogP contribution in [0.5, 0.6) is 0 Å². The Morgan fingerprint density at radius 1 is 0.955 bits per heavy atom. The molecule has 2 amide bonds. The van der Waals surface area contributed by atoms with Crippen LogP contribution in [0.3, 0.4) is 0 Å². The summed E-state index contributed by atoms with van der Waals surface area (Å²) in [5.74, 6) is -1.72. The third kappa shape index (κ3) is 4.30. The first-order valence-corrected chi connectivity index (χ1v) is 7.69. The van der Waals surface area contributed by atoms with Crippen molar-refractivity contribution in [1.82, 2.24) is 0 Å². The molecule has 22 heavy (non-hydrogen) atoms. The van der Waals surface area contributed by atoms with Gasteiger partial charge in [-0.25, -0.2) is 4.79 Å². The summed E-state index contributed by atoms with van der Waals surface area (Å²) in [6.07, 6.45) is 0. The van der Waals surface area contributed by atoms with Gasteiger partial charge < -0.3 is 15.7 Å². The van der Waals surface area contributed by atoms with Gasteiger partial charge in [-0.1, -0.05) is 41.5 Å². The van der Waals surface area contributed by atoms with Gasteiger partial charge in [0.15, 0.2) is 0 Å². The molecule has 6 nitrogen and oxygen atoms in total. The van der Waals surface area contributed by atoms with Crippen LogP contribution < -0.4 is 10.6 Å². The van der Waals surface area contributed by atoms with Gasteiger partial charge in [0, 0.05) is 16.2 Å². The van der Waals surface area contributed by atoms with Crippen LogP contribution in [0.25, 0.3) is 0 Å². The lowest BCUT2D eigenvalue weighted by molar-refractivity contribution is -0.124. The summed E-state index contributed by atoms with van der Waals surface area (Å²) in [6, 6.07) is 0. The minimum absolute atomic E-state index is 0.0122. The normalized spacial score (nSPS) is 11.9. The molecule has 1 rings (SSSR count). The van der Waals surface area contributed by atoms with Gasteiger partial charge in [0.2, 0.25) is 11.8 Å². The largest absolute Gasteiger partial charge is 0.477 e. The van der Waals surface area contributed by atoms with Crippen molar-refractivity contribution >= 4 is 40.5 Å². The van der Waals surface area contributed by atoms with Crippen LogP contribution in [0.2, 0.25) is 0 Å². The van der Waals surface area contributed by atoms with Crippen LogP contribution in [0.1, 0.15) is 51.2 Å². The zero-order valence-electron chi connectivity index (χ0n) is 13.7. The molecule has 0 atom stereocenters. The van der Waals surface area contributed by atoms with E-state index in [1.807, 2.05) is 0 Å². The number of anilines is 2. The molecule has 0 unspecified atom stereocenters. The lowest BCUT2D eigenvalue weighted by atomic mass is 9.95. The molecule has 1 heterocycles. The summed E-state index contributed by atoms with van der Waals surface area (Å²) in [6.45, 7) is 10.4. The van der Waals surface area contributed by atoms with Crippen molar-refractivity contribution in [3.05, 3.63) is 10.3 Å². The Balaban J connectivity index is 3.17. The molecule has 0 saturated heterocycles. The number of carboxylic acid groups (broad SMARTS) is 1. The topological polar surface area (TPSA) is 95.5 Å². The third-order valence-corrected chi connectivity index (χ3v) is 3.80. The molecule has 0 aromatic carbocycles. The highest BCUT2D eigenvalue weighted by atomic mass is 32.1. The SMILES string of the molecule is CC(C)(C)C(=O)Nc1csc(C(=O)O)c1NC(=O)C(C)(C)C. The molecule has 7 heteroatoms. The number of hydrogen-bond donors (Lipinski definition) is 3. The number of hydrogen-bond acceptors (Lipinski definition) is 4. The van der Waals surface area contributed by atoms with Crippen molar-refractivity contribution in [3.8, 4) is 0 Å². The van der Waals surface area contributed by atoms with Gasteiger partial charge in [0.25, 0.3) is 0 Å². The quantitative estimate of drug-likeness (QED) is 0.793. The Morgan fingerprint density at radius 3 is 1.82 bits per heavy atom. The number of rotatable bonds is 3. The highest BCUT2D eigenvalue weighted by Gasteiger charge is 2.28. The zero-order valence-corrected chi connectivity index (χ0v) is 14.5. The van der Waals surface area contributed by atoms with E-state index in [4.69, 9.17) is 0 Å². The minimum atomic E-state index is -1.15. The summed E-state index contributed by atoms with van der Waals surface area (Å²) >= 11 is 0.961. The second-order valence-corrected chi connectivity index (χ2v) is 7.95. The van der Waals surface area contributed by atoms with Crippen molar-refractivity contribution in [1.29, 1.82) is 0 Å². The first kappa shape index (κ1) is 18.2. The number of aromatic carboxylic acids is 1. The molecule has 0 spiro atoms. The van der Waals surface area contributed by atoms with E-state index in [1.54, 1.807) is 41.5 Å². The Morgan fingerprint density at radius 2 is 1.41 bits per heavy atom. The second kappa shape index (κ2) is 6.08. The second-order valence-electron chi connectivity index (χ2n) is 7.07.